The minimum atomic E-state index is -0.326. The number of hydrogen-bond donors (Lipinski definition) is 0. The third-order valence-electron chi connectivity index (χ3n) is 3.73. The molecule has 0 bridgehead atoms. The second-order valence-electron chi connectivity index (χ2n) is 5.43. The third-order valence-corrected chi connectivity index (χ3v) is 4.67. The molecule has 0 N–H and O–H groups in total. The highest BCUT2D eigenvalue weighted by molar-refractivity contribution is 8.00. The van der Waals surface area contributed by atoms with Gasteiger partial charge in [0.15, 0.2) is 17.3 Å². The Morgan fingerprint density at radius 1 is 1.08 bits per heavy atom. The molecule has 25 heavy (non-hydrogen) atoms. The zero-order valence-electron chi connectivity index (χ0n) is 13.3. The average molecular weight is 354 g/mol. The Morgan fingerprint density at radius 2 is 1.88 bits per heavy atom. The maximum absolute atomic E-state index is 12.4. The van der Waals surface area contributed by atoms with Crippen molar-refractivity contribution in [1.29, 1.82) is 0 Å². The van der Waals surface area contributed by atoms with Gasteiger partial charge in [0.2, 0.25) is 12.7 Å². The van der Waals surface area contributed by atoms with Crippen LogP contribution >= 0.6 is 11.8 Å². The van der Waals surface area contributed by atoms with Crippen molar-refractivity contribution in [3.8, 4) is 23.0 Å². The predicted octanol–water partition coefficient (Wildman–Crippen LogP) is 3.83. The van der Waals surface area contributed by atoms with E-state index < -0.39 is 0 Å². The Balaban J connectivity index is 1.49. The van der Waals surface area contributed by atoms with Crippen molar-refractivity contribution in [2.24, 2.45) is 0 Å². The average Bonchev–Trinajstić information content (AvgIpc) is 3.30. The Labute approximate surface area is 148 Å². The van der Waals surface area contributed by atoms with E-state index in [9.17, 15) is 4.79 Å². The highest BCUT2D eigenvalue weighted by atomic mass is 32.2. The lowest BCUT2D eigenvalue weighted by atomic mass is 10.1. The quantitative estimate of drug-likeness (QED) is 0.509. The summed E-state index contributed by atoms with van der Waals surface area (Å²) >= 11 is 1.24. The number of hydrogen-bond acceptors (Lipinski definition) is 7. The van der Waals surface area contributed by atoms with E-state index in [1.54, 1.807) is 24.3 Å². The van der Waals surface area contributed by atoms with Gasteiger partial charge in [0, 0.05) is 11.1 Å². The molecule has 4 rings (SSSR count). The summed E-state index contributed by atoms with van der Waals surface area (Å²) in [5, 5.41) is 8.10. The van der Waals surface area contributed by atoms with Gasteiger partial charge in [-0.3, -0.25) is 4.79 Å². The summed E-state index contributed by atoms with van der Waals surface area (Å²) in [5.74, 6) is 1.74. The van der Waals surface area contributed by atoms with E-state index in [1.807, 2.05) is 31.2 Å². The molecule has 1 aliphatic rings. The second-order valence-corrected chi connectivity index (χ2v) is 6.72. The van der Waals surface area contributed by atoms with Gasteiger partial charge in [-0.25, -0.2) is 0 Å². The standard InChI is InChI=1S/C18H14N2O4S/c1-11(16(21)12-5-3-2-4-6-12)25-18-20-19-17(24-18)13-7-8-14-15(9-13)23-10-22-14/h2-9,11H,10H2,1H3. The smallest absolute Gasteiger partial charge is 0.277 e. The maximum Gasteiger partial charge on any atom is 0.277 e. The van der Waals surface area contributed by atoms with E-state index >= 15 is 0 Å². The summed E-state index contributed by atoms with van der Waals surface area (Å²) in [6.45, 7) is 2.04. The van der Waals surface area contributed by atoms with Crippen LogP contribution in [0.4, 0.5) is 0 Å². The van der Waals surface area contributed by atoms with Crippen LogP contribution in [0.3, 0.4) is 0 Å². The Hall–Kier alpha value is -2.80. The van der Waals surface area contributed by atoms with Gasteiger partial charge in [-0.15, -0.1) is 10.2 Å². The molecule has 0 fully saturated rings. The van der Waals surface area contributed by atoms with Crippen LogP contribution in [0.1, 0.15) is 17.3 Å². The van der Waals surface area contributed by atoms with Crippen molar-refractivity contribution in [3.05, 3.63) is 54.1 Å². The monoisotopic (exact) mass is 354 g/mol. The van der Waals surface area contributed by atoms with Gasteiger partial charge >= 0.3 is 0 Å². The summed E-state index contributed by atoms with van der Waals surface area (Å²) < 4.78 is 16.3. The number of benzene rings is 2. The van der Waals surface area contributed by atoms with Crippen LogP contribution < -0.4 is 9.47 Å². The van der Waals surface area contributed by atoms with Gasteiger partial charge in [-0.2, -0.15) is 0 Å². The molecule has 1 unspecified atom stereocenters. The fraction of sp³-hybridized carbons (Fsp3) is 0.167. The SMILES string of the molecule is CC(Sc1nnc(-c2ccc3c(c2)OCO3)o1)C(=O)c1ccccc1. The van der Waals surface area contributed by atoms with Crippen molar-refractivity contribution < 1.29 is 18.7 Å². The van der Waals surface area contributed by atoms with E-state index in [2.05, 4.69) is 10.2 Å². The lowest BCUT2D eigenvalue weighted by molar-refractivity contribution is 0.0993. The van der Waals surface area contributed by atoms with E-state index in [4.69, 9.17) is 13.9 Å². The number of carbonyl (C=O) groups excluding carboxylic acids is 1. The molecule has 2 heterocycles. The topological polar surface area (TPSA) is 74.5 Å². The molecule has 0 spiro atoms. The number of fused-ring (bicyclic) bond motifs is 1. The summed E-state index contributed by atoms with van der Waals surface area (Å²) in [7, 11) is 0. The second kappa shape index (κ2) is 6.60. The first-order valence-corrected chi connectivity index (χ1v) is 8.58. The van der Waals surface area contributed by atoms with Crippen LogP contribution in [0, 0.1) is 0 Å². The van der Waals surface area contributed by atoms with Crippen LogP contribution in [-0.4, -0.2) is 28.0 Å². The van der Waals surface area contributed by atoms with Crippen LogP contribution in [-0.2, 0) is 0 Å². The van der Waals surface area contributed by atoms with Crippen LogP contribution in [0.15, 0.2) is 58.2 Å². The number of nitrogens with zero attached hydrogens (tertiary/aromatic N) is 2. The van der Waals surface area contributed by atoms with E-state index in [-0.39, 0.29) is 17.8 Å². The number of rotatable bonds is 5. The Bertz CT molecular complexity index is 910. The fourth-order valence-corrected chi connectivity index (χ4v) is 3.21. The van der Waals surface area contributed by atoms with Crippen molar-refractivity contribution >= 4 is 17.5 Å². The predicted molar refractivity (Wildman–Crippen MR) is 91.9 cm³/mol. The van der Waals surface area contributed by atoms with Crippen molar-refractivity contribution in [2.45, 2.75) is 17.4 Å². The van der Waals surface area contributed by atoms with Crippen LogP contribution in [0.5, 0.6) is 11.5 Å². The minimum Gasteiger partial charge on any atom is -0.454 e. The molecule has 0 saturated carbocycles. The number of ketones is 1. The molecule has 3 aromatic rings. The summed E-state index contributed by atoms with van der Waals surface area (Å²) in [6, 6.07) is 14.6. The van der Waals surface area contributed by atoms with Crippen LogP contribution in [0.25, 0.3) is 11.5 Å². The lowest BCUT2D eigenvalue weighted by Gasteiger charge is -2.06. The van der Waals surface area contributed by atoms with Gasteiger partial charge in [-0.1, -0.05) is 42.1 Å². The fourth-order valence-electron chi connectivity index (χ4n) is 2.45. The van der Waals surface area contributed by atoms with Crippen LogP contribution in [0.2, 0.25) is 0 Å². The zero-order valence-corrected chi connectivity index (χ0v) is 14.2. The molecule has 1 aromatic heterocycles. The molecule has 0 saturated heterocycles. The van der Waals surface area contributed by atoms with Crippen molar-refractivity contribution in [1.82, 2.24) is 10.2 Å². The van der Waals surface area contributed by atoms with E-state index in [1.165, 1.54) is 11.8 Å². The largest absolute Gasteiger partial charge is 0.454 e. The van der Waals surface area contributed by atoms with Crippen molar-refractivity contribution in [2.75, 3.05) is 6.79 Å². The van der Waals surface area contributed by atoms with E-state index in [0.717, 1.165) is 5.56 Å². The number of Topliss-reactive ketones (excluding diaryl/α,β-unsaturated/α-hetero) is 1. The molecule has 0 radical (unpaired) electrons. The lowest BCUT2D eigenvalue weighted by Crippen LogP contribution is -2.13. The number of ether oxygens (including phenoxy) is 2. The molecule has 0 amide bonds. The molecular formula is C18H14N2O4S. The van der Waals surface area contributed by atoms with Gasteiger partial charge < -0.3 is 13.9 Å². The minimum absolute atomic E-state index is 0.0217. The summed E-state index contributed by atoms with van der Waals surface area (Å²) in [6.07, 6.45) is 0. The van der Waals surface area contributed by atoms with Gasteiger partial charge in [-0.05, 0) is 25.1 Å². The number of aromatic nitrogens is 2. The zero-order chi connectivity index (χ0) is 17.2. The van der Waals surface area contributed by atoms with Gasteiger partial charge in [0.1, 0.15) is 0 Å². The maximum atomic E-state index is 12.4. The normalized spacial score (nSPS) is 13.6. The molecule has 126 valence electrons. The summed E-state index contributed by atoms with van der Waals surface area (Å²) in [5.41, 5.74) is 1.41. The van der Waals surface area contributed by atoms with Gasteiger partial charge in [0.25, 0.3) is 5.22 Å². The first-order chi connectivity index (χ1) is 12.2. The third kappa shape index (κ3) is 3.23. The first kappa shape index (κ1) is 15.7. The van der Waals surface area contributed by atoms with Gasteiger partial charge in [0.05, 0.1) is 5.25 Å². The van der Waals surface area contributed by atoms with Crippen molar-refractivity contribution in [3.63, 3.8) is 0 Å². The Kier molecular flexibility index (Phi) is 4.15. The molecule has 0 aliphatic carbocycles. The summed E-state index contributed by atoms with van der Waals surface area (Å²) in [4.78, 5) is 12.4. The van der Waals surface area contributed by atoms with E-state index in [0.29, 0.717) is 28.2 Å². The first-order valence-electron chi connectivity index (χ1n) is 7.70. The number of carbonyl (C=O) groups is 1. The molecular weight excluding hydrogens is 340 g/mol. The number of thioether (sulfide) groups is 1. The molecule has 1 aliphatic heterocycles. The highest BCUT2D eigenvalue weighted by Crippen LogP contribution is 2.36. The molecule has 2 aromatic carbocycles. The molecule has 7 heteroatoms. The Morgan fingerprint density at radius 3 is 2.72 bits per heavy atom. The molecule has 6 nitrogen and oxygen atoms in total. The highest BCUT2D eigenvalue weighted by Gasteiger charge is 2.21. The molecule has 1 atom stereocenters.